The van der Waals surface area contributed by atoms with Gasteiger partial charge in [0.15, 0.2) is 5.78 Å². The van der Waals surface area contributed by atoms with Gasteiger partial charge in [-0.25, -0.2) is 4.79 Å². The third-order valence-electron chi connectivity index (χ3n) is 8.03. The Morgan fingerprint density at radius 1 is 0.857 bits per heavy atom. The van der Waals surface area contributed by atoms with Crippen LogP contribution in [0.5, 0.6) is 0 Å². The molecule has 2 heterocycles. The van der Waals surface area contributed by atoms with Crippen molar-refractivity contribution in [3.8, 4) is 0 Å². The minimum absolute atomic E-state index is 0.0749. The van der Waals surface area contributed by atoms with Gasteiger partial charge in [-0.05, 0) is 34.2 Å². The van der Waals surface area contributed by atoms with E-state index in [1.165, 1.54) is 18.1 Å². The summed E-state index contributed by atoms with van der Waals surface area (Å²) in [6.45, 7) is 4.12. The molecule has 7 nitrogen and oxygen atoms in total. The maximum atomic E-state index is 13.7. The van der Waals surface area contributed by atoms with Crippen LogP contribution in [0.1, 0.15) is 46.6 Å². The standard InChI is InChI=1S/C35H35N3O4/c1-24(2)32(34(41)42)37(3)33(40)29-20-19-25(22-36-29)21-31(39)30-23-38(30)35(26-13-7-4-8-14-26,27-15-9-5-10-16-27)28-17-11-6-12-18-28/h4-20,22,24,30,32H,21,23H2,1-3H3,(H,41,42)/t30-,32-,38?/m0/s1. The van der Waals surface area contributed by atoms with Crippen LogP contribution >= 0.6 is 0 Å². The molecule has 0 bridgehead atoms. The fourth-order valence-electron chi connectivity index (χ4n) is 6.00. The minimum Gasteiger partial charge on any atom is -0.480 e. The maximum absolute atomic E-state index is 13.7. The van der Waals surface area contributed by atoms with E-state index in [9.17, 15) is 19.5 Å². The van der Waals surface area contributed by atoms with E-state index in [1.807, 2.05) is 54.6 Å². The van der Waals surface area contributed by atoms with Crippen molar-refractivity contribution in [3.05, 3.63) is 137 Å². The number of amides is 1. The molecule has 214 valence electrons. The summed E-state index contributed by atoms with van der Waals surface area (Å²) in [5.41, 5.74) is 3.48. The number of carboxylic acids is 1. The van der Waals surface area contributed by atoms with E-state index in [1.54, 1.807) is 26.0 Å². The molecule has 4 aromatic rings. The summed E-state index contributed by atoms with van der Waals surface area (Å²) in [6, 6.07) is 32.9. The first-order valence-corrected chi connectivity index (χ1v) is 14.2. The fourth-order valence-corrected chi connectivity index (χ4v) is 6.00. The maximum Gasteiger partial charge on any atom is 0.326 e. The van der Waals surface area contributed by atoms with Gasteiger partial charge in [0.2, 0.25) is 0 Å². The minimum atomic E-state index is -1.06. The number of aliphatic carboxylic acids is 1. The van der Waals surface area contributed by atoms with E-state index in [0.717, 1.165) is 16.7 Å². The third kappa shape index (κ3) is 5.48. The van der Waals surface area contributed by atoms with E-state index in [4.69, 9.17) is 0 Å². The molecule has 0 spiro atoms. The number of carbonyl (C=O) groups excluding carboxylic acids is 2. The lowest BCUT2D eigenvalue weighted by Crippen LogP contribution is -2.45. The smallest absolute Gasteiger partial charge is 0.326 e. The lowest BCUT2D eigenvalue weighted by atomic mass is 9.76. The van der Waals surface area contributed by atoms with Crippen molar-refractivity contribution in [3.63, 3.8) is 0 Å². The number of hydrogen-bond acceptors (Lipinski definition) is 5. The number of benzene rings is 3. The van der Waals surface area contributed by atoms with Crippen LogP contribution in [0.25, 0.3) is 0 Å². The Labute approximate surface area is 246 Å². The molecule has 1 fully saturated rings. The monoisotopic (exact) mass is 561 g/mol. The Kier molecular flexibility index (Phi) is 8.31. The van der Waals surface area contributed by atoms with Crippen LogP contribution in [-0.4, -0.2) is 63.2 Å². The number of rotatable bonds is 11. The average Bonchev–Trinajstić information content (AvgIpc) is 3.80. The second-order valence-corrected chi connectivity index (χ2v) is 11.1. The van der Waals surface area contributed by atoms with Gasteiger partial charge in [0.05, 0.1) is 11.6 Å². The number of ketones is 1. The molecule has 1 N–H and O–H groups in total. The van der Waals surface area contributed by atoms with E-state index in [0.29, 0.717) is 12.1 Å². The summed E-state index contributed by atoms with van der Waals surface area (Å²) < 4.78 is 0. The molecule has 1 aliphatic heterocycles. The second-order valence-electron chi connectivity index (χ2n) is 11.1. The quantitative estimate of drug-likeness (QED) is 0.204. The van der Waals surface area contributed by atoms with Crippen molar-refractivity contribution in [1.29, 1.82) is 0 Å². The molecule has 42 heavy (non-hydrogen) atoms. The SMILES string of the molecule is CC(C)[C@@H](C(=O)O)N(C)C(=O)c1ccc(CC(=O)[C@@H]2CN2C(c2ccccc2)(c2ccccc2)c2ccccc2)cn1. The van der Waals surface area contributed by atoms with Crippen LogP contribution in [0.15, 0.2) is 109 Å². The van der Waals surface area contributed by atoms with Gasteiger partial charge in [-0.3, -0.25) is 19.5 Å². The van der Waals surface area contributed by atoms with Gasteiger partial charge in [-0.15, -0.1) is 0 Å². The number of Topliss-reactive ketones (excluding diaryl/α,β-unsaturated/α-hetero) is 1. The number of hydrogen-bond donors (Lipinski definition) is 1. The highest BCUT2D eigenvalue weighted by atomic mass is 16.4. The van der Waals surface area contributed by atoms with E-state index >= 15 is 0 Å². The first-order valence-electron chi connectivity index (χ1n) is 14.2. The van der Waals surface area contributed by atoms with Crippen LogP contribution < -0.4 is 0 Å². The Bertz CT molecular complexity index is 1440. The van der Waals surface area contributed by atoms with Crippen LogP contribution in [0.3, 0.4) is 0 Å². The number of pyridine rings is 1. The van der Waals surface area contributed by atoms with Gasteiger partial charge < -0.3 is 10.0 Å². The summed E-state index contributed by atoms with van der Waals surface area (Å²) in [4.78, 5) is 46.0. The zero-order valence-electron chi connectivity index (χ0n) is 24.1. The van der Waals surface area contributed by atoms with E-state index in [2.05, 4.69) is 46.3 Å². The van der Waals surface area contributed by atoms with Crippen LogP contribution in [-0.2, 0) is 21.5 Å². The molecule has 1 aromatic heterocycles. The summed E-state index contributed by atoms with van der Waals surface area (Å²) >= 11 is 0. The van der Waals surface area contributed by atoms with Crippen molar-refractivity contribution < 1.29 is 19.5 Å². The molecule has 1 amide bonds. The summed E-state index contributed by atoms with van der Waals surface area (Å²) in [7, 11) is 1.47. The van der Waals surface area contributed by atoms with Crippen LogP contribution in [0.2, 0.25) is 0 Å². The van der Waals surface area contributed by atoms with Crippen LogP contribution in [0.4, 0.5) is 0 Å². The molecule has 3 atom stereocenters. The zero-order chi connectivity index (χ0) is 29.9. The highest BCUT2D eigenvalue weighted by molar-refractivity contribution is 5.95. The summed E-state index contributed by atoms with van der Waals surface area (Å²) in [6.07, 6.45) is 1.71. The highest BCUT2D eigenvalue weighted by Crippen LogP contribution is 2.48. The van der Waals surface area contributed by atoms with Crippen molar-refractivity contribution >= 4 is 17.7 Å². The van der Waals surface area contributed by atoms with Crippen molar-refractivity contribution in [1.82, 2.24) is 14.8 Å². The second kappa shape index (κ2) is 12.1. The molecule has 3 aromatic carbocycles. The Morgan fingerprint density at radius 3 is 1.76 bits per heavy atom. The Hall–Kier alpha value is -4.62. The van der Waals surface area contributed by atoms with E-state index < -0.39 is 23.5 Å². The van der Waals surface area contributed by atoms with Gasteiger partial charge in [0, 0.05) is 26.2 Å². The average molecular weight is 562 g/mol. The van der Waals surface area contributed by atoms with Gasteiger partial charge in [0.25, 0.3) is 5.91 Å². The molecule has 0 saturated carbocycles. The summed E-state index contributed by atoms with van der Waals surface area (Å²) in [5, 5.41) is 9.55. The van der Waals surface area contributed by atoms with Crippen LogP contribution in [0, 0.1) is 5.92 Å². The highest BCUT2D eigenvalue weighted by Gasteiger charge is 2.55. The summed E-state index contributed by atoms with van der Waals surface area (Å²) in [5.74, 6) is -1.72. The zero-order valence-corrected chi connectivity index (χ0v) is 24.1. The topological polar surface area (TPSA) is 90.6 Å². The predicted molar refractivity (Wildman–Crippen MR) is 161 cm³/mol. The molecule has 1 aliphatic rings. The van der Waals surface area contributed by atoms with Gasteiger partial charge in [-0.1, -0.05) is 111 Å². The predicted octanol–water partition coefficient (Wildman–Crippen LogP) is 5.05. The molecular weight excluding hydrogens is 526 g/mol. The molecule has 5 rings (SSSR count). The fraction of sp³-hybridized carbons (Fsp3) is 0.257. The Balaban J connectivity index is 1.39. The molecule has 0 aliphatic carbocycles. The van der Waals surface area contributed by atoms with Gasteiger partial charge in [0.1, 0.15) is 11.7 Å². The lowest BCUT2D eigenvalue weighted by molar-refractivity contribution is -0.143. The van der Waals surface area contributed by atoms with Crippen molar-refractivity contribution in [2.24, 2.45) is 5.92 Å². The number of carbonyl (C=O) groups is 3. The Morgan fingerprint density at radius 2 is 1.36 bits per heavy atom. The largest absolute Gasteiger partial charge is 0.480 e. The molecule has 1 saturated heterocycles. The van der Waals surface area contributed by atoms with Crippen molar-refractivity contribution in [2.75, 3.05) is 13.6 Å². The molecule has 1 unspecified atom stereocenters. The van der Waals surface area contributed by atoms with Gasteiger partial charge >= 0.3 is 5.97 Å². The number of aromatic nitrogens is 1. The molecule has 0 radical (unpaired) electrons. The number of carboxylic acid groups (broad SMARTS) is 1. The first-order chi connectivity index (χ1) is 20.2. The van der Waals surface area contributed by atoms with Crippen molar-refractivity contribution in [2.45, 2.75) is 37.9 Å². The van der Waals surface area contributed by atoms with Gasteiger partial charge in [-0.2, -0.15) is 0 Å². The normalized spacial score (nSPS) is 17.0. The van der Waals surface area contributed by atoms with E-state index in [-0.39, 0.29) is 29.9 Å². The first kappa shape index (κ1) is 28.9. The third-order valence-corrected chi connectivity index (χ3v) is 8.03. The number of nitrogens with zero attached hydrogens (tertiary/aromatic N) is 3. The lowest BCUT2D eigenvalue weighted by Gasteiger charge is -2.38. The molecular formula is C35H35N3O4. The number of likely N-dealkylation sites (N-methyl/N-ethyl adjacent to an activating group) is 1. The molecule has 7 heteroatoms.